The van der Waals surface area contributed by atoms with Crippen LogP contribution in [0.3, 0.4) is 0 Å². The topological polar surface area (TPSA) is 81.8 Å². The van der Waals surface area contributed by atoms with Crippen LogP contribution in [0.5, 0.6) is 0 Å². The Hall–Kier alpha value is -1.40. The van der Waals surface area contributed by atoms with Crippen molar-refractivity contribution in [2.75, 3.05) is 7.11 Å². The molecule has 0 amide bonds. The van der Waals surface area contributed by atoms with E-state index in [1.165, 1.54) is 13.8 Å². The van der Waals surface area contributed by atoms with Gasteiger partial charge in [0.05, 0.1) is 11.8 Å². The van der Waals surface area contributed by atoms with Gasteiger partial charge in [0.15, 0.2) is 17.3 Å². The lowest BCUT2D eigenvalue weighted by Gasteiger charge is -2.25. The Bertz CT molecular complexity index is 515. The highest BCUT2D eigenvalue weighted by atomic mass is 16.5. The first-order valence-corrected chi connectivity index (χ1v) is 7.70. The highest BCUT2D eigenvalue weighted by molar-refractivity contribution is 5.76. The van der Waals surface area contributed by atoms with Crippen molar-refractivity contribution in [2.24, 2.45) is 0 Å². The molecule has 0 atom stereocenters. The smallest absolute Gasteiger partial charge is 0.335 e. The standard InChI is InChI=1S/C16H25NO5/c1-10-13(9-21-16(2,3)15(18)19)22-14(17-10)11-5-7-12(20-4)8-6-11/h11-12H,5-9H2,1-4H3,(H,18,19). The third-order valence-corrected chi connectivity index (χ3v) is 4.35. The van der Waals surface area contributed by atoms with Crippen molar-refractivity contribution in [1.82, 2.24) is 4.98 Å². The zero-order chi connectivity index (χ0) is 16.3. The van der Waals surface area contributed by atoms with E-state index in [4.69, 9.17) is 19.0 Å². The summed E-state index contributed by atoms with van der Waals surface area (Å²) in [6.45, 7) is 5.02. The molecular formula is C16H25NO5. The van der Waals surface area contributed by atoms with Crippen LogP contribution >= 0.6 is 0 Å². The second kappa shape index (κ2) is 6.79. The van der Waals surface area contributed by atoms with E-state index >= 15 is 0 Å². The van der Waals surface area contributed by atoms with Gasteiger partial charge in [0.1, 0.15) is 6.61 Å². The number of carboxylic acid groups (broad SMARTS) is 1. The van der Waals surface area contributed by atoms with Gasteiger partial charge in [-0.3, -0.25) is 0 Å². The third-order valence-electron chi connectivity index (χ3n) is 4.35. The lowest BCUT2D eigenvalue weighted by molar-refractivity contribution is -0.163. The SMILES string of the molecule is COC1CCC(c2nc(C)c(COC(C)(C)C(=O)O)o2)CC1. The Labute approximate surface area is 130 Å². The number of aromatic nitrogens is 1. The van der Waals surface area contributed by atoms with E-state index < -0.39 is 11.6 Å². The number of aliphatic carboxylic acids is 1. The molecule has 1 aromatic rings. The van der Waals surface area contributed by atoms with Gasteiger partial charge in [-0.15, -0.1) is 0 Å². The molecular weight excluding hydrogens is 286 g/mol. The van der Waals surface area contributed by atoms with Crippen LogP contribution in [0.4, 0.5) is 0 Å². The summed E-state index contributed by atoms with van der Waals surface area (Å²) in [5, 5.41) is 9.06. The van der Waals surface area contributed by atoms with Crippen LogP contribution in [-0.2, 0) is 20.9 Å². The minimum atomic E-state index is -1.24. The molecule has 6 nitrogen and oxygen atoms in total. The van der Waals surface area contributed by atoms with Gasteiger partial charge in [0.2, 0.25) is 0 Å². The van der Waals surface area contributed by atoms with E-state index in [0.717, 1.165) is 37.3 Å². The first kappa shape index (κ1) is 17.0. The van der Waals surface area contributed by atoms with Crippen LogP contribution in [0.15, 0.2) is 4.42 Å². The molecule has 0 radical (unpaired) electrons. The van der Waals surface area contributed by atoms with Gasteiger partial charge in [-0.2, -0.15) is 0 Å². The van der Waals surface area contributed by atoms with Gasteiger partial charge in [-0.05, 0) is 46.5 Å². The number of rotatable bonds is 6. The zero-order valence-corrected chi connectivity index (χ0v) is 13.7. The third kappa shape index (κ3) is 3.87. The van der Waals surface area contributed by atoms with Gasteiger partial charge in [0.25, 0.3) is 0 Å². The molecule has 1 fully saturated rings. The molecule has 0 saturated heterocycles. The lowest BCUT2D eigenvalue weighted by atomic mass is 9.87. The highest BCUT2D eigenvalue weighted by Gasteiger charge is 2.30. The molecule has 0 unspecified atom stereocenters. The Morgan fingerprint density at radius 1 is 1.36 bits per heavy atom. The van der Waals surface area contributed by atoms with E-state index in [1.807, 2.05) is 6.92 Å². The van der Waals surface area contributed by atoms with Crippen LogP contribution in [0.2, 0.25) is 0 Å². The second-order valence-corrected chi connectivity index (χ2v) is 6.37. The number of ether oxygens (including phenoxy) is 2. The number of hydrogen-bond donors (Lipinski definition) is 1. The average molecular weight is 311 g/mol. The van der Waals surface area contributed by atoms with Crippen LogP contribution in [-0.4, -0.2) is 34.9 Å². The van der Waals surface area contributed by atoms with Crippen molar-refractivity contribution >= 4 is 5.97 Å². The van der Waals surface area contributed by atoms with E-state index in [1.54, 1.807) is 7.11 Å². The minimum Gasteiger partial charge on any atom is -0.479 e. The summed E-state index contributed by atoms with van der Waals surface area (Å²) < 4.78 is 16.6. The predicted octanol–water partition coefficient (Wildman–Crippen LogP) is 3.04. The van der Waals surface area contributed by atoms with Crippen LogP contribution in [0.25, 0.3) is 0 Å². The maximum atomic E-state index is 11.1. The van der Waals surface area contributed by atoms with Crippen LogP contribution in [0.1, 0.15) is 62.8 Å². The zero-order valence-electron chi connectivity index (χ0n) is 13.7. The van der Waals surface area contributed by atoms with Crippen molar-refractivity contribution in [2.45, 2.75) is 70.7 Å². The quantitative estimate of drug-likeness (QED) is 0.869. The fraction of sp³-hybridized carbons (Fsp3) is 0.750. The summed E-state index contributed by atoms with van der Waals surface area (Å²) >= 11 is 0. The lowest BCUT2D eigenvalue weighted by Crippen LogP contribution is -2.34. The first-order valence-electron chi connectivity index (χ1n) is 7.70. The molecule has 1 saturated carbocycles. The van der Waals surface area contributed by atoms with Crippen molar-refractivity contribution in [3.05, 3.63) is 17.3 Å². The summed E-state index contributed by atoms with van der Waals surface area (Å²) in [6, 6.07) is 0. The predicted molar refractivity (Wildman–Crippen MR) is 79.7 cm³/mol. The highest BCUT2D eigenvalue weighted by Crippen LogP contribution is 2.34. The number of carboxylic acids is 1. The number of hydrogen-bond acceptors (Lipinski definition) is 5. The first-order chi connectivity index (χ1) is 10.3. The van der Waals surface area contributed by atoms with Gasteiger partial charge < -0.3 is 19.0 Å². The Morgan fingerprint density at radius 2 is 2.00 bits per heavy atom. The van der Waals surface area contributed by atoms with Crippen LogP contribution < -0.4 is 0 Å². The summed E-state index contributed by atoms with van der Waals surface area (Å²) in [5.41, 5.74) is -0.472. The minimum absolute atomic E-state index is 0.117. The molecule has 1 heterocycles. The monoisotopic (exact) mass is 311 g/mol. The Morgan fingerprint density at radius 3 is 2.55 bits per heavy atom. The molecule has 2 rings (SSSR count). The van der Waals surface area contributed by atoms with Crippen molar-refractivity contribution in [1.29, 1.82) is 0 Å². The van der Waals surface area contributed by atoms with Gasteiger partial charge >= 0.3 is 5.97 Å². The average Bonchev–Trinajstić information content (AvgIpc) is 2.86. The molecule has 0 aromatic carbocycles. The molecule has 22 heavy (non-hydrogen) atoms. The Balaban J connectivity index is 1.98. The van der Waals surface area contributed by atoms with E-state index in [0.29, 0.717) is 17.8 Å². The molecule has 6 heteroatoms. The van der Waals surface area contributed by atoms with Crippen molar-refractivity contribution in [3.8, 4) is 0 Å². The number of methoxy groups -OCH3 is 1. The normalized spacial score (nSPS) is 22.7. The molecule has 1 aromatic heterocycles. The molecule has 0 spiro atoms. The number of aryl methyl sites for hydroxylation is 1. The number of carbonyl (C=O) groups is 1. The van der Waals surface area contributed by atoms with Gasteiger partial charge in [-0.1, -0.05) is 0 Å². The fourth-order valence-electron chi connectivity index (χ4n) is 2.61. The molecule has 1 aliphatic rings. The molecule has 0 bridgehead atoms. The van der Waals surface area contributed by atoms with Crippen molar-refractivity contribution < 1.29 is 23.8 Å². The van der Waals surface area contributed by atoms with E-state index in [2.05, 4.69) is 4.98 Å². The maximum Gasteiger partial charge on any atom is 0.335 e. The van der Waals surface area contributed by atoms with Gasteiger partial charge in [0, 0.05) is 13.0 Å². The summed E-state index contributed by atoms with van der Waals surface area (Å²) in [4.78, 5) is 15.6. The fourth-order valence-corrected chi connectivity index (χ4v) is 2.61. The summed E-state index contributed by atoms with van der Waals surface area (Å²) in [6.07, 6.45) is 4.37. The van der Waals surface area contributed by atoms with E-state index in [-0.39, 0.29) is 6.61 Å². The largest absolute Gasteiger partial charge is 0.479 e. The number of oxazole rings is 1. The second-order valence-electron chi connectivity index (χ2n) is 6.37. The van der Waals surface area contributed by atoms with Crippen molar-refractivity contribution in [3.63, 3.8) is 0 Å². The maximum absolute atomic E-state index is 11.1. The Kier molecular flexibility index (Phi) is 5.24. The molecule has 1 aliphatic carbocycles. The molecule has 124 valence electrons. The van der Waals surface area contributed by atoms with Crippen LogP contribution in [0, 0.1) is 6.92 Å². The van der Waals surface area contributed by atoms with Gasteiger partial charge in [-0.25, -0.2) is 9.78 Å². The summed E-state index contributed by atoms with van der Waals surface area (Å²) in [7, 11) is 1.75. The molecule has 0 aliphatic heterocycles. The van der Waals surface area contributed by atoms with E-state index in [9.17, 15) is 4.79 Å². The molecule has 1 N–H and O–H groups in total. The number of nitrogens with zero attached hydrogens (tertiary/aromatic N) is 1. The summed E-state index contributed by atoms with van der Waals surface area (Å²) in [5.74, 6) is 0.658.